The van der Waals surface area contributed by atoms with Crippen LogP contribution in [0.15, 0.2) is 0 Å². The van der Waals surface area contributed by atoms with Crippen molar-refractivity contribution in [3.63, 3.8) is 0 Å². The van der Waals surface area contributed by atoms with Crippen molar-refractivity contribution in [2.24, 2.45) is 5.92 Å². The van der Waals surface area contributed by atoms with E-state index in [1.807, 2.05) is 0 Å². The Bertz CT molecular complexity index is 154. The molecule has 1 unspecified atom stereocenters. The van der Waals surface area contributed by atoms with Gasteiger partial charge in [-0.15, -0.1) is 0 Å². The molecule has 0 aromatic heterocycles. The molecule has 0 aliphatic carbocycles. The van der Waals surface area contributed by atoms with E-state index in [1.54, 1.807) is 0 Å². The third kappa shape index (κ3) is 14.0. The van der Waals surface area contributed by atoms with Gasteiger partial charge in [0.2, 0.25) is 0 Å². The summed E-state index contributed by atoms with van der Waals surface area (Å²) in [5, 5.41) is 0. The van der Waals surface area contributed by atoms with Crippen molar-refractivity contribution < 1.29 is 0 Å². The van der Waals surface area contributed by atoms with Crippen LogP contribution in [0.2, 0.25) is 0 Å². The summed E-state index contributed by atoms with van der Waals surface area (Å²) in [5.74, 6) is 0.954. The summed E-state index contributed by atoms with van der Waals surface area (Å²) in [6.07, 6.45) is 15.8. The molecule has 0 aliphatic rings. The van der Waals surface area contributed by atoms with Crippen LogP contribution in [0.4, 0.5) is 0 Å². The maximum atomic E-state index is 2.44. The molecule has 0 aromatic carbocycles. The van der Waals surface area contributed by atoms with Crippen molar-refractivity contribution in [1.29, 1.82) is 0 Å². The molecule has 0 N–H and O–H groups in total. The molecule has 0 spiro atoms. The Hall–Kier alpha value is -0.0400. The molecule has 1 atom stereocenters. The van der Waals surface area contributed by atoms with Gasteiger partial charge in [-0.2, -0.15) is 0 Å². The van der Waals surface area contributed by atoms with Crippen molar-refractivity contribution in [2.75, 3.05) is 20.6 Å². The van der Waals surface area contributed by atoms with Gasteiger partial charge >= 0.3 is 0 Å². The lowest BCUT2D eigenvalue weighted by Crippen LogP contribution is -2.12. The fourth-order valence-corrected chi connectivity index (χ4v) is 2.52. The van der Waals surface area contributed by atoms with E-state index in [-0.39, 0.29) is 0 Å². The SMILES string of the molecule is CCCCCCCCC(C)CCCCCN(C)C. The predicted octanol–water partition coefficient (Wildman–Crippen LogP) is 5.50. The van der Waals surface area contributed by atoms with Gasteiger partial charge in [-0.05, 0) is 33.0 Å². The van der Waals surface area contributed by atoms with Gasteiger partial charge in [-0.1, -0.05) is 78.1 Å². The van der Waals surface area contributed by atoms with E-state index in [4.69, 9.17) is 0 Å². The van der Waals surface area contributed by atoms with Crippen LogP contribution < -0.4 is 0 Å². The minimum atomic E-state index is 0.954. The summed E-state index contributed by atoms with van der Waals surface area (Å²) in [6.45, 7) is 5.99. The van der Waals surface area contributed by atoms with Gasteiger partial charge in [0.1, 0.15) is 0 Å². The molecule has 1 nitrogen and oxygen atoms in total. The zero-order chi connectivity index (χ0) is 13.6. The first-order valence-electron chi connectivity index (χ1n) is 8.31. The topological polar surface area (TPSA) is 3.24 Å². The van der Waals surface area contributed by atoms with Gasteiger partial charge in [0.15, 0.2) is 0 Å². The molecule has 0 amide bonds. The second-order valence-corrected chi connectivity index (χ2v) is 6.31. The molecule has 0 fully saturated rings. The molecule has 0 radical (unpaired) electrons. The summed E-state index contributed by atoms with van der Waals surface area (Å²) in [7, 11) is 4.34. The summed E-state index contributed by atoms with van der Waals surface area (Å²) in [6, 6.07) is 0. The van der Waals surface area contributed by atoms with Crippen LogP contribution in [-0.4, -0.2) is 25.5 Å². The van der Waals surface area contributed by atoms with E-state index >= 15 is 0 Å². The molecule has 0 heterocycles. The first-order valence-corrected chi connectivity index (χ1v) is 8.31. The lowest BCUT2D eigenvalue weighted by atomic mass is 9.96. The zero-order valence-electron chi connectivity index (χ0n) is 13.5. The molecule has 0 aromatic rings. The highest BCUT2D eigenvalue weighted by atomic mass is 15.0. The van der Waals surface area contributed by atoms with E-state index in [0.29, 0.717) is 0 Å². The molecule has 0 bridgehead atoms. The molecule has 0 rings (SSSR count). The number of rotatable bonds is 13. The fraction of sp³-hybridized carbons (Fsp3) is 1.00. The molecule has 110 valence electrons. The van der Waals surface area contributed by atoms with E-state index in [9.17, 15) is 0 Å². The first kappa shape index (κ1) is 18.0. The third-order valence-electron chi connectivity index (χ3n) is 3.85. The fourth-order valence-electron chi connectivity index (χ4n) is 2.52. The smallest absolute Gasteiger partial charge is 0.00248 e. The molecule has 1 heteroatoms. The van der Waals surface area contributed by atoms with Gasteiger partial charge in [-0.25, -0.2) is 0 Å². The Kier molecular flexibility index (Phi) is 13.4. The lowest BCUT2D eigenvalue weighted by Gasteiger charge is -2.12. The number of unbranched alkanes of at least 4 members (excludes halogenated alkanes) is 7. The molecular weight excluding hydrogens is 218 g/mol. The lowest BCUT2D eigenvalue weighted by molar-refractivity contribution is 0.379. The highest BCUT2D eigenvalue weighted by Gasteiger charge is 2.02. The predicted molar refractivity (Wildman–Crippen MR) is 84.2 cm³/mol. The maximum Gasteiger partial charge on any atom is -0.00248 e. The zero-order valence-corrected chi connectivity index (χ0v) is 13.5. The highest BCUT2D eigenvalue weighted by molar-refractivity contribution is 4.56. The van der Waals surface area contributed by atoms with Crippen LogP contribution in [0.5, 0.6) is 0 Å². The van der Waals surface area contributed by atoms with Crippen LogP contribution >= 0.6 is 0 Å². The minimum absolute atomic E-state index is 0.954. The molecule has 0 saturated carbocycles. The number of nitrogens with zero attached hydrogens (tertiary/aromatic N) is 1. The van der Waals surface area contributed by atoms with Crippen LogP contribution in [-0.2, 0) is 0 Å². The van der Waals surface area contributed by atoms with Crippen LogP contribution in [0.1, 0.15) is 84.5 Å². The maximum absolute atomic E-state index is 2.44. The largest absolute Gasteiger partial charge is 0.309 e. The Labute approximate surface area is 116 Å². The average Bonchev–Trinajstić information content (AvgIpc) is 2.33. The van der Waals surface area contributed by atoms with E-state index in [2.05, 4.69) is 32.8 Å². The van der Waals surface area contributed by atoms with Crippen molar-refractivity contribution in [2.45, 2.75) is 84.5 Å². The Morgan fingerprint density at radius 1 is 0.722 bits per heavy atom. The number of hydrogen-bond donors (Lipinski definition) is 0. The highest BCUT2D eigenvalue weighted by Crippen LogP contribution is 2.17. The molecular formula is C17H37N. The van der Waals surface area contributed by atoms with Crippen molar-refractivity contribution >= 4 is 0 Å². The Morgan fingerprint density at radius 3 is 1.78 bits per heavy atom. The average molecular weight is 255 g/mol. The quantitative estimate of drug-likeness (QED) is 0.393. The van der Waals surface area contributed by atoms with Crippen molar-refractivity contribution in [1.82, 2.24) is 4.90 Å². The van der Waals surface area contributed by atoms with E-state index in [0.717, 1.165) is 5.92 Å². The number of hydrogen-bond acceptors (Lipinski definition) is 1. The van der Waals surface area contributed by atoms with Gasteiger partial charge in [0, 0.05) is 0 Å². The van der Waals surface area contributed by atoms with Gasteiger partial charge < -0.3 is 4.90 Å². The normalized spacial score (nSPS) is 13.2. The second-order valence-electron chi connectivity index (χ2n) is 6.31. The Balaban J connectivity index is 3.15. The van der Waals surface area contributed by atoms with Crippen LogP contribution in [0.3, 0.4) is 0 Å². The first-order chi connectivity index (χ1) is 8.66. The summed E-state index contributed by atoms with van der Waals surface area (Å²) in [5.41, 5.74) is 0. The van der Waals surface area contributed by atoms with Crippen molar-refractivity contribution in [3.8, 4) is 0 Å². The monoisotopic (exact) mass is 255 g/mol. The van der Waals surface area contributed by atoms with Gasteiger partial charge in [0.25, 0.3) is 0 Å². The summed E-state index contributed by atoms with van der Waals surface area (Å²) >= 11 is 0. The summed E-state index contributed by atoms with van der Waals surface area (Å²) < 4.78 is 0. The van der Waals surface area contributed by atoms with E-state index < -0.39 is 0 Å². The molecule has 0 aliphatic heterocycles. The van der Waals surface area contributed by atoms with Crippen LogP contribution in [0, 0.1) is 5.92 Å². The second kappa shape index (κ2) is 13.4. The van der Waals surface area contributed by atoms with Crippen LogP contribution in [0.25, 0.3) is 0 Å². The summed E-state index contributed by atoms with van der Waals surface area (Å²) in [4.78, 5) is 2.29. The van der Waals surface area contributed by atoms with Crippen molar-refractivity contribution in [3.05, 3.63) is 0 Å². The molecule has 0 saturated heterocycles. The standard InChI is InChI=1S/C17H37N/c1-5-6-7-8-9-11-14-17(2)15-12-10-13-16-18(3)4/h17H,5-16H2,1-4H3. The van der Waals surface area contributed by atoms with E-state index in [1.165, 1.54) is 77.2 Å². The van der Waals surface area contributed by atoms with Gasteiger partial charge in [0.05, 0.1) is 0 Å². The minimum Gasteiger partial charge on any atom is -0.309 e. The van der Waals surface area contributed by atoms with Gasteiger partial charge in [-0.3, -0.25) is 0 Å². The third-order valence-corrected chi connectivity index (χ3v) is 3.85. The Morgan fingerprint density at radius 2 is 1.22 bits per heavy atom. The molecule has 18 heavy (non-hydrogen) atoms.